The van der Waals surface area contributed by atoms with Crippen molar-refractivity contribution in [2.75, 3.05) is 39.8 Å². The molecule has 0 fully saturated rings. The first-order valence-corrected chi connectivity index (χ1v) is 9.27. The lowest BCUT2D eigenvalue weighted by Gasteiger charge is -2.24. The van der Waals surface area contributed by atoms with Crippen LogP contribution >= 0.6 is 0 Å². The second-order valence-corrected chi connectivity index (χ2v) is 6.89. The molecular weight excluding hydrogens is 288 g/mol. The Morgan fingerprint density at radius 1 is 1.17 bits per heavy atom. The maximum Gasteiger partial charge on any atom is 0.191 e. The van der Waals surface area contributed by atoms with E-state index in [-0.39, 0.29) is 6.61 Å². The molecule has 2 unspecified atom stereocenters. The van der Waals surface area contributed by atoms with Gasteiger partial charge in [-0.05, 0) is 52.0 Å². The summed E-state index contributed by atoms with van der Waals surface area (Å²) in [6.07, 6.45) is 3.11. The molecular formula is C18H40N4O. The minimum Gasteiger partial charge on any atom is -0.396 e. The number of rotatable bonds is 12. The van der Waals surface area contributed by atoms with Crippen molar-refractivity contribution >= 4 is 5.96 Å². The van der Waals surface area contributed by atoms with Crippen molar-refractivity contribution in [2.45, 2.75) is 59.9 Å². The van der Waals surface area contributed by atoms with Crippen molar-refractivity contribution in [1.82, 2.24) is 15.5 Å². The quantitative estimate of drug-likeness (QED) is 0.380. The monoisotopic (exact) mass is 328 g/mol. The zero-order valence-electron chi connectivity index (χ0n) is 16.2. The zero-order chi connectivity index (χ0) is 17.7. The number of aliphatic hydroxyl groups is 1. The van der Waals surface area contributed by atoms with Crippen LogP contribution in [-0.4, -0.2) is 61.8 Å². The molecule has 0 saturated carbocycles. The molecule has 0 aromatic carbocycles. The Balaban J connectivity index is 4.39. The predicted molar refractivity (Wildman–Crippen MR) is 101 cm³/mol. The van der Waals surface area contributed by atoms with E-state index in [9.17, 15) is 5.11 Å². The maximum absolute atomic E-state index is 9.21. The van der Waals surface area contributed by atoms with E-state index in [1.54, 1.807) is 0 Å². The zero-order valence-corrected chi connectivity index (χ0v) is 16.2. The van der Waals surface area contributed by atoms with Gasteiger partial charge in [0.25, 0.3) is 0 Å². The summed E-state index contributed by atoms with van der Waals surface area (Å²) in [5.74, 6) is 1.98. The fourth-order valence-electron chi connectivity index (χ4n) is 2.58. The summed E-state index contributed by atoms with van der Waals surface area (Å²) in [4.78, 5) is 7.08. The summed E-state index contributed by atoms with van der Waals surface area (Å²) < 4.78 is 0. The Kier molecular flexibility index (Phi) is 13.1. The lowest BCUT2D eigenvalue weighted by Crippen LogP contribution is -2.42. The van der Waals surface area contributed by atoms with Gasteiger partial charge in [-0.3, -0.25) is 4.99 Å². The number of aliphatic hydroxyl groups excluding tert-OH is 1. The molecule has 5 heteroatoms. The van der Waals surface area contributed by atoms with Crippen LogP contribution in [0.15, 0.2) is 4.99 Å². The predicted octanol–water partition coefficient (Wildman–Crippen LogP) is 2.32. The van der Waals surface area contributed by atoms with Gasteiger partial charge in [0.15, 0.2) is 5.96 Å². The highest BCUT2D eigenvalue weighted by Gasteiger charge is 2.11. The van der Waals surface area contributed by atoms with Crippen LogP contribution in [0.25, 0.3) is 0 Å². The van der Waals surface area contributed by atoms with Gasteiger partial charge >= 0.3 is 0 Å². The third-order valence-corrected chi connectivity index (χ3v) is 4.29. The molecule has 3 N–H and O–H groups in total. The van der Waals surface area contributed by atoms with E-state index in [1.165, 1.54) is 6.42 Å². The first-order valence-electron chi connectivity index (χ1n) is 9.27. The van der Waals surface area contributed by atoms with Crippen LogP contribution in [0.2, 0.25) is 0 Å². The molecule has 2 atom stereocenters. The van der Waals surface area contributed by atoms with Crippen molar-refractivity contribution in [1.29, 1.82) is 0 Å². The van der Waals surface area contributed by atoms with Crippen molar-refractivity contribution in [3.05, 3.63) is 0 Å². The van der Waals surface area contributed by atoms with Crippen LogP contribution in [0, 0.1) is 11.8 Å². The van der Waals surface area contributed by atoms with Crippen LogP contribution in [-0.2, 0) is 0 Å². The van der Waals surface area contributed by atoms with Gasteiger partial charge in [0, 0.05) is 38.8 Å². The lowest BCUT2D eigenvalue weighted by atomic mass is 9.94. The maximum atomic E-state index is 9.21. The van der Waals surface area contributed by atoms with E-state index in [1.807, 2.05) is 0 Å². The van der Waals surface area contributed by atoms with E-state index >= 15 is 0 Å². The largest absolute Gasteiger partial charge is 0.396 e. The molecule has 0 heterocycles. The fourth-order valence-corrected chi connectivity index (χ4v) is 2.58. The van der Waals surface area contributed by atoms with Crippen molar-refractivity contribution in [2.24, 2.45) is 16.8 Å². The van der Waals surface area contributed by atoms with Gasteiger partial charge in [-0.25, -0.2) is 0 Å². The molecule has 0 aliphatic rings. The summed E-state index contributed by atoms with van der Waals surface area (Å²) in [7, 11) is 2.17. The van der Waals surface area contributed by atoms with Gasteiger partial charge in [-0.15, -0.1) is 0 Å². The highest BCUT2D eigenvalue weighted by atomic mass is 16.3. The van der Waals surface area contributed by atoms with Crippen LogP contribution in [0.5, 0.6) is 0 Å². The molecule has 0 aliphatic carbocycles. The Morgan fingerprint density at radius 3 is 2.39 bits per heavy atom. The first kappa shape index (κ1) is 22.2. The number of nitrogens with one attached hydrogen (secondary N) is 2. The van der Waals surface area contributed by atoms with E-state index in [0.717, 1.165) is 45.0 Å². The molecule has 0 radical (unpaired) electrons. The second kappa shape index (κ2) is 13.6. The van der Waals surface area contributed by atoms with Crippen molar-refractivity contribution in [3.8, 4) is 0 Å². The first-order chi connectivity index (χ1) is 10.9. The van der Waals surface area contributed by atoms with Gasteiger partial charge < -0.3 is 20.6 Å². The van der Waals surface area contributed by atoms with Crippen LogP contribution in [0.3, 0.4) is 0 Å². The van der Waals surface area contributed by atoms with E-state index in [2.05, 4.69) is 57.2 Å². The normalized spacial score (nSPS) is 15.1. The summed E-state index contributed by atoms with van der Waals surface area (Å²) >= 11 is 0. The van der Waals surface area contributed by atoms with E-state index in [0.29, 0.717) is 17.9 Å². The van der Waals surface area contributed by atoms with Crippen LogP contribution in [0.4, 0.5) is 0 Å². The topological polar surface area (TPSA) is 59.9 Å². The second-order valence-electron chi connectivity index (χ2n) is 6.89. The molecule has 0 bridgehead atoms. The summed E-state index contributed by atoms with van der Waals surface area (Å²) in [6, 6.07) is 0.608. The number of aliphatic imine (C=N–C) groups is 1. The number of likely N-dealkylation sites (N-methyl/N-ethyl adjacent to an activating group) is 1. The van der Waals surface area contributed by atoms with E-state index in [4.69, 9.17) is 4.99 Å². The third kappa shape index (κ3) is 11.4. The third-order valence-electron chi connectivity index (χ3n) is 4.29. The molecule has 0 spiro atoms. The Labute approximate surface area is 143 Å². The molecule has 0 saturated heterocycles. The molecule has 0 aromatic rings. The van der Waals surface area contributed by atoms with Gasteiger partial charge in [0.05, 0.1) is 0 Å². The Morgan fingerprint density at radius 2 is 1.87 bits per heavy atom. The highest BCUT2D eigenvalue weighted by Crippen LogP contribution is 2.15. The van der Waals surface area contributed by atoms with Gasteiger partial charge in [0.1, 0.15) is 0 Å². The van der Waals surface area contributed by atoms with Crippen molar-refractivity contribution in [3.63, 3.8) is 0 Å². The van der Waals surface area contributed by atoms with Crippen molar-refractivity contribution < 1.29 is 5.11 Å². The minimum atomic E-state index is 0.247. The summed E-state index contributed by atoms with van der Waals surface area (Å²) in [6.45, 7) is 14.8. The highest BCUT2D eigenvalue weighted by molar-refractivity contribution is 5.79. The van der Waals surface area contributed by atoms with Crippen LogP contribution in [0.1, 0.15) is 53.9 Å². The molecule has 0 rings (SSSR count). The van der Waals surface area contributed by atoms with Crippen LogP contribution < -0.4 is 10.6 Å². The number of hydrogen-bond acceptors (Lipinski definition) is 3. The Bertz CT molecular complexity index is 307. The summed E-state index contributed by atoms with van der Waals surface area (Å²) in [5, 5.41) is 15.9. The number of nitrogens with zero attached hydrogens (tertiary/aromatic N) is 2. The van der Waals surface area contributed by atoms with Gasteiger partial charge in [-0.1, -0.05) is 20.8 Å². The van der Waals surface area contributed by atoms with Gasteiger partial charge in [0.2, 0.25) is 0 Å². The average molecular weight is 329 g/mol. The smallest absolute Gasteiger partial charge is 0.191 e. The fraction of sp³-hybridized carbons (Fsp3) is 0.944. The molecule has 138 valence electrons. The Hall–Kier alpha value is -0.810. The minimum absolute atomic E-state index is 0.247. The number of hydrogen-bond donors (Lipinski definition) is 3. The number of guanidine groups is 1. The van der Waals surface area contributed by atoms with E-state index < -0.39 is 0 Å². The molecule has 0 amide bonds. The standard InChI is InChI=1S/C18H40N4O/c1-7-16(5)22(6)11-10-20-18(19-8-2)21-14-17(9-12-23)13-15(3)4/h15-17,23H,7-14H2,1-6H3,(H2,19,20,21). The lowest BCUT2D eigenvalue weighted by molar-refractivity contribution is 0.245. The SMILES string of the molecule is CCNC(=NCC(CCO)CC(C)C)NCCN(C)C(C)CC. The molecule has 23 heavy (non-hydrogen) atoms. The molecule has 5 nitrogen and oxygen atoms in total. The molecule has 0 aromatic heterocycles. The van der Waals surface area contributed by atoms with Gasteiger partial charge in [-0.2, -0.15) is 0 Å². The summed E-state index contributed by atoms with van der Waals surface area (Å²) in [5.41, 5.74) is 0. The molecule has 0 aliphatic heterocycles. The average Bonchev–Trinajstić information content (AvgIpc) is 2.51.